The molecule has 0 aliphatic heterocycles. The Labute approximate surface area is 136 Å². The van der Waals surface area contributed by atoms with E-state index >= 15 is 0 Å². The van der Waals surface area contributed by atoms with Gasteiger partial charge in [-0.15, -0.1) is 0 Å². The van der Waals surface area contributed by atoms with Crippen LogP contribution < -0.4 is 0 Å². The van der Waals surface area contributed by atoms with Crippen LogP contribution in [0.2, 0.25) is 0 Å². The second kappa shape index (κ2) is 8.44. The van der Waals surface area contributed by atoms with Crippen molar-refractivity contribution in [3.05, 3.63) is 48.0 Å². The third-order valence-corrected chi connectivity index (χ3v) is 4.00. The number of rotatable bonds is 8. The fourth-order valence-corrected chi connectivity index (χ4v) is 2.68. The van der Waals surface area contributed by atoms with E-state index in [9.17, 15) is 9.59 Å². The number of unbranched alkanes of at least 4 members (excludes halogenated alkanes) is 3. The van der Waals surface area contributed by atoms with E-state index in [1.807, 2.05) is 42.5 Å². The second-order valence-corrected chi connectivity index (χ2v) is 5.78. The maximum absolute atomic E-state index is 12.4. The Morgan fingerprint density at radius 3 is 2.30 bits per heavy atom. The molecule has 0 radical (unpaired) electrons. The number of hydrogen-bond donors (Lipinski definition) is 1. The molecule has 122 valence electrons. The maximum Gasteiger partial charge on any atom is 0.245 e. The summed E-state index contributed by atoms with van der Waals surface area (Å²) in [6, 6.07) is 13.8. The van der Waals surface area contributed by atoms with Gasteiger partial charge < -0.3 is 0 Å². The number of hydrogen-bond acceptors (Lipinski definition) is 3. The summed E-state index contributed by atoms with van der Waals surface area (Å²) in [4.78, 5) is 23.6. The molecule has 23 heavy (non-hydrogen) atoms. The van der Waals surface area contributed by atoms with Crippen LogP contribution in [0.25, 0.3) is 10.8 Å². The average molecular weight is 313 g/mol. The first-order valence-corrected chi connectivity index (χ1v) is 8.06. The number of hydroxylamine groups is 2. The molecule has 0 heterocycles. The van der Waals surface area contributed by atoms with Gasteiger partial charge >= 0.3 is 0 Å². The van der Waals surface area contributed by atoms with Crippen molar-refractivity contribution in [2.45, 2.75) is 38.5 Å². The molecule has 0 atom stereocenters. The van der Waals surface area contributed by atoms with Crippen LogP contribution in [0.15, 0.2) is 42.5 Å². The van der Waals surface area contributed by atoms with Gasteiger partial charge in [-0.1, -0.05) is 55.3 Å². The number of fused-ring (bicyclic) bond motifs is 1. The summed E-state index contributed by atoms with van der Waals surface area (Å²) in [5.41, 5.74) is 0.792. The lowest BCUT2D eigenvalue weighted by Crippen LogP contribution is -2.21. The van der Waals surface area contributed by atoms with Gasteiger partial charge in [0.05, 0.1) is 0 Å². The van der Waals surface area contributed by atoms with E-state index < -0.39 is 0 Å². The van der Waals surface area contributed by atoms with Gasteiger partial charge in [-0.05, 0) is 23.6 Å². The van der Waals surface area contributed by atoms with Crippen LogP contribution in [0.4, 0.5) is 0 Å². The van der Waals surface area contributed by atoms with Gasteiger partial charge in [-0.2, -0.15) is 0 Å². The van der Waals surface area contributed by atoms with E-state index in [0.717, 1.165) is 42.0 Å². The van der Waals surface area contributed by atoms with Crippen molar-refractivity contribution in [1.29, 1.82) is 0 Å². The zero-order valence-corrected chi connectivity index (χ0v) is 13.5. The van der Waals surface area contributed by atoms with Crippen molar-refractivity contribution >= 4 is 22.5 Å². The number of carbonyl (C=O) groups excluding carboxylic acids is 2. The van der Waals surface area contributed by atoms with Gasteiger partial charge in [-0.3, -0.25) is 14.8 Å². The molecule has 0 bridgehead atoms. The minimum Gasteiger partial charge on any atom is -0.294 e. The number of nitrogens with zero attached hydrogens (tertiary/aromatic N) is 1. The first kappa shape index (κ1) is 17.2. The molecule has 0 aliphatic carbocycles. The molecule has 0 aromatic heterocycles. The quantitative estimate of drug-likeness (QED) is 0.344. The molecule has 2 aromatic rings. The Morgan fingerprint density at radius 2 is 1.57 bits per heavy atom. The molecule has 0 aliphatic rings. The van der Waals surface area contributed by atoms with Gasteiger partial charge in [0.15, 0.2) is 5.78 Å². The van der Waals surface area contributed by atoms with E-state index in [1.165, 1.54) is 7.05 Å². The zero-order chi connectivity index (χ0) is 16.7. The normalized spacial score (nSPS) is 10.7. The van der Waals surface area contributed by atoms with Gasteiger partial charge in [0, 0.05) is 25.5 Å². The lowest BCUT2D eigenvalue weighted by atomic mass is 9.98. The number of Topliss-reactive ketones (excluding diaryl/α,β-unsaturated/α-hetero) is 1. The largest absolute Gasteiger partial charge is 0.294 e. The fraction of sp³-hybridized carbons (Fsp3) is 0.368. The summed E-state index contributed by atoms with van der Waals surface area (Å²) >= 11 is 0. The summed E-state index contributed by atoms with van der Waals surface area (Å²) in [6.45, 7) is 0. The molecule has 0 fully saturated rings. The van der Waals surface area contributed by atoms with E-state index in [0.29, 0.717) is 17.9 Å². The number of carbonyl (C=O) groups is 2. The standard InChI is InChI=1S/C19H23NO3/c1-20(23)19(22)14-5-3-2-4-13-18(21)17-12-8-10-15-9-6-7-11-16(15)17/h6-12,23H,2-5,13-14H2,1H3. The average Bonchev–Trinajstić information content (AvgIpc) is 2.56. The summed E-state index contributed by atoms with van der Waals surface area (Å²) in [5, 5.41) is 11.7. The molecule has 0 unspecified atom stereocenters. The second-order valence-electron chi connectivity index (χ2n) is 5.78. The minimum atomic E-state index is -0.267. The molecular weight excluding hydrogens is 290 g/mol. The number of ketones is 1. The third kappa shape index (κ3) is 4.89. The Morgan fingerprint density at radius 1 is 0.913 bits per heavy atom. The van der Waals surface area contributed by atoms with Crippen LogP contribution in [0.5, 0.6) is 0 Å². The van der Waals surface area contributed by atoms with Crippen LogP contribution in [0, 0.1) is 0 Å². The summed E-state index contributed by atoms with van der Waals surface area (Å²) in [5.74, 6) is -0.0928. The summed E-state index contributed by atoms with van der Waals surface area (Å²) in [6.07, 6.45) is 4.25. The topological polar surface area (TPSA) is 57.6 Å². The maximum atomic E-state index is 12.4. The van der Waals surface area contributed by atoms with Crippen LogP contribution in [0.1, 0.15) is 48.9 Å². The molecule has 4 heteroatoms. The predicted octanol–water partition coefficient (Wildman–Crippen LogP) is 4.21. The molecule has 0 saturated heterocycles. The van der Waals surface area contributed by atoms with Crippen molar-refractivity contribution in [3.63, 3.8) is 0 Å². The van der Waals surface area contributed by atoms with Crippen molar-refractivity contribution < 1.29 is 14.8 Å². The SMILES string of the molecule is CN(O)C(=O)CCCCCCC(=O)c1cccc2ccccc12. The Kier molecular flexibility index (Phi) is 6.29. The third-order valence-electron chi connectivity index (χ3n) is 4.00. The van der Waals surface area contributed by atoms with Crippen LogP contribution in [-0.4, -0.2) is 29.0 Å². The van der Waals surface area contributed by atoms with Crippen LogP contribution >= 0.6 is 0 Å². The molecule has 2 aromatic carbocycles. The highest BCUT2D eigenvalue weighted by Gasteiger charge is 2.09. The summed E-state index contributed by atoms with van der Waals surface area (Å²) < 4.78 is 0. The van der Waals surface area contributed by atoms with Crippen molar-refractivity contribution in [1.82, 2.24) is 5.06 Å². The summed E-state index contributed by atoms with van der Waals surface area (Å²) in [7, 11) is 1.34. The molecular formula is C19H23NO3. The van der Waals surface area contributed by atoms with Gasteiger partial charge in [0.25, 0.3) is 0 Å². The number of benzene rings is 2. The van der Waals surface area contributed by atoms with Crippen molar-refractivity contribution in [2.24, 2.45) is 0 Å². The Balaban J connectivity index is 1.78. The van der Waals surface area contributed by atoms with Gasteiger partial charge in [0.1, 0.15) is 0 Å². The van der Waals surface area contributed by atoms with Crippen LogP contribution in [-0.2, 0) is 4.79 Å². The molecule has 0 saturated carbocycles. The van der Waals surface area contributed by atoms with Crippen molar-refractivity contribution in [2.75, 3.05) is 7.05 Å². The Hall–Kier alpha value is -2.20. The highest BCUT2D eigenvalue weighted by atomic mass is 16.5. The molecule has 4 nitrogen and oxygen atoms in total. The number of amides is 1. The lowest BCUT2D eigenvalue weighted by Gasteiger charge is -2.08. The Bertz CT molecular complexity index is 674. The van der Waals surface area contributed by atoms with E-state index in [1.54, 1.807) is 0 Å². The smallest absolute Gasteiger partial charge is 0.245 e. The lowest BCUT2D eigenvalue weighted by molar-refractivity contribution is -0.159. The van der Waals surface area contributed by atoms with E-state index in [4.69, 9.17) is 5.21 Å². The van der Waals surface area contributed by atoms with E-state index in [2.05, 4.69) is 0 Å². The van der Waals surface area contributed by atoms with Crippen molar-refractivity contribution in [3.8, 4) is 0 Å². The van der Waals surface area contributed by atoms with Crippen LogP contribution in [0.3, 0.4) is 0 Å². The molecule has 0 spiro atoms. The molecule has 1 amide bonds. The van der Waals surface area contributed by atoms with E-state index in [-0.39, 0.29) is 11.7 Å². The fourth-order valence-electron chi connectivity index (χ4n) is 2.68. The monoisotopic (exact) mass is 313 g/mol. The first-order chi connectivity index (χ1) is 11.1. The van der Waals surface area contributed by atoms with Gasteiger partial charge in [-0.25, -0.2) is 5.06 Å². The highest BCUT2D eigenvalue weighted by Crippen LogP contribution is 2.20. The first-order valence-electron chi connectivity index (χ1n) is 8.06. The highest BCUT2D eigenvalue weighted by molar-refractivity contribution is 6.08. The molecule has 2 rings (SSSR count). The van der Waals surface area contributed by atoms with Gasteiger partial charge in [0.2, 0.25) is 5.91 Å². The zero-order valence-electron chi connectivity index (χ0n) is 13.5. The minimum absolute atomic E-state index is 0.174. The predicted molar refractivity (Wildman–Crippen MR) is 90.5 cm³/mol. The molecule has 1 N–H and O–H groups in total.